The summed E-state index contributed by atoms with van der Waals surface area (Å²) in [5, 5.41) is 0. The molecule has 4 aliphatic heterocycles. The molecule has 0 spiro atoms. The zero-order valence-electron chi connectivity index (χ0n) is 25.7. The molecule has 0 saturated carbocycles. The van der Waals surface area contributed by atoms with E-state index in [-0.39, 0.29) is 54.9 Å². The van der Waals surface area contributed by atoms with Gasteiger partial charge in [-0.25, -0.2) is 0 Å². The van der Waals surface area contributed by atoms with Gasteiger partial charge in [-0.3, -0.25) is 0 Å². The Balaban J connectivity index is 1.07. The molecule has 4 heterocycles. The van der Waals surface area contributed by atoms with Crippen LogP contribution in [0.4, 0.5) is 0 Å². The van der Waals surface area contributed by atoms with E-state index in [1.165, 1.54) is 0 Å². The third kappa shape index (κ3) is 7.75. The van der Waals surface area contributed by atoms with Crippen LogP contribution in [0.1, 0.15) is 42.4 Å². The first-order valence-electron chi connectivity index (χ1n) is 16.5. The lowest BCUT2D eigenvalue weighted by Crippen LogP contribution is -2.64. The van der Waals surface area contributed by atoms with E-state index in [0.717, 1.165) is 42.4 Å². The topological polar surface area (TPSA) is 64.6 Å². The van der Waals surface area contributed by atoms with Gasteiger partial charge in [-0.15, -0.1) is 0 Å². The summed E-state index contributed by atoms with van der Waals surface area (Å²) in [5.74, 6) is 0. The second-order valence-corrected chi connectivity index (χ2v) is 12.5. The molecule has 4 aliphatic rings. The Hall–Kier alpha value is -2.88. The predicted octanol–water partition coefficient (Wildman–Crippen LogP) is 6.19. The maximum atomic E-state index is 6.93. The van der Waals surface area contributed by atoms with Gasteiger partial charge in [0, 0.05) is 6.42 Å². The van der Waals surface area contributed by atoms with Crippen LogP contribution in [0.5, 0.6) is 0 Å². The van der Waals surface area contributed by atoms with Gasteiger partial charge < -0.3 is 33.2 Å². The highest BCUT2D eigenvalue weighted by atomic mass is 16.6. The fourth-order valence-electron chi connectivity index (χ4n) is 7.03. The molecule has 3 aromatic carbocycles. The van der Waals surface area contributed by atoms with Gasteiger partial charge in [0.05, 0.1) is 63.6 Å². The van der Waals surface area contributed by atoms with Crippen molar-refractivity contribution in [1.82, 2.24) is 0 Å². The lowest BCUT2D eigenvalue weighted by Gasteiger charge is -2.51. The lowest BCUT2D eigenvalue weighted by atomic mass is 9.86. The van der Waals surface area contributed by atoms with Crippen LogP contribution in [-0.2, 0) is 53.0 Å². The molecule has 7 heteroatoms. The summed E-state index contributed by atoms with van der Waals surface area (Å²) in [6.45, 7) is 2.55. The summed E-state index contributed by atoms with van der Waals surface area (Å²) < 4.78 is 46.3. The lowest BCUT2D eigenvalue weighted by molar-refractivity contribution is -0.301. The molecule has 0 radical (unpaired) electrons. The SMILES string of the molecule is C1=CC[C@@H]2O[C@@H]3C[C@@H]4O[C@H](COCc5ccccc5)[C@@H](OCc5ccccc5)CC[C@H]4O[C@H]3[C@H](OCc3ccccc3)[C@H]2OC1. The Kier molecular flexibility index (Phi) is 10.3. The van der Waals surface area contributed by atoms with Gasteiger partial charge in [0.1, 0.15) is 24.4 Å². The Bertz CT molecular complexity index is 1340. The van der Waals surface area contributed by atoms with Crippen molar-refractivity contribution in [2.24, 2.45) is 0 Å². The first-order chi connectivity index (χ1) is 22.3. The fraction of sp³-hybridized carbons (Fsp3) is 0.474. The number of fused-ring (bicyclic) bond motifs is 3. The molecule has 9 atom stereocenters. The second kappa shape index (κ2) is 15.1. The highest BCUT2D eigenvalue weighted by Crippen LogP contribution is 2.40. The fourth-order valence-corrected chi connectivity index (χ4v) is 7.03. The quantitative estimate of drug-likeness (QED) is 0.253. The van der Waals surface area contributed by atoms with Gasteiger partial charge in [0.2, 0.25) is 0 Å². The van der Waals surface area contributed by atoms with Crippen LogP contribution in [-0.4, -0.2) is 68.1 Å². The first kappa shape index (κ1) is 30.8. The average molecular weight is 613 g/mol. The summed E-state index contributed by atoms with van der Waals surface area (Å²) in [6, 6.07) is 30.9. The molecule has 7 nitrogen and oxygen atoms in total. The van der Waals surface area contributed by atoms with E-state index in [1.807, 2.05) is 54.6 Å². The minimum atomic E-state index is -0.243. The van der Waals surface area contributed by atoms with Crippen LogP contribution in [0.15, 0.2) is 103 Å². The standard InChI is InChI=1S/C38H44O7/c1-4-12-27(13-5-1)23-39-26-35-30(41-24-28-14-6-2-7-15-28)19-20-31-33(44-35)22-34-37(45-31)38(42-25-29-16-8-3-9-17-29)36-32(43-34)18-10-11-21-40-36/h1-17,30-38H,18-26H2/t30-,31+,32-,33-,34+,35+,36-,37+,38+/m0/s1. The first-order valence-corrected chi connectivity index (χ1v) is 16.5. The van der Waals surface area contributed by atoms with E-state index in [0.29, 0.717) is 33.0 Å². The number of rotatable bonds is 10. The molecule has 0 bridgehead atoms. The summed E-state index contributed by atoms with van der Waals surface area (Å²) >= 11 is 0. The van der Waals surface area contributed by atoms with Crippen LogP contribution in [0.2, 0.25) is 0 Å². The van der Waals surface area contributed by atoms with Crippen molar-refractivity contribution in [1.29, 1.82) is 0 Å². The normalized spacial score (nSPS) is 32.8. The number of benzene rings is 3. The molecule has 3 aromatic rings. The van der Waals surface area contributed by atoms with Crippen LogP contribution in [0, 0.1) is 0 Å². The molecular weight excluding hydrogens is 568 g/mol. The summed E-state index contributed by atoms with van der Waals surface area (Å²) in [6.07, 6.45) is 5.88. The summed E-state index contributed by atoms with van der Waals surface area (Å²) in [7, 11) is 0. The monoisotopic (exact) mass is 612 g/mol. The maximum Gasteiger partial charge on any atom is 0.115 e. The minimum Gasteiger partial charge on any atom is -0.374 e. The smallest absolute Gasteiger partial charge is 0.115 e. The minimum absolute atomic E-state index is 0.0938. The summed E-state index contributed by atoms with van der Waals surface area (Å²) in [5.41, 5.74) is 3.41. The van der Waals surface area contributed by atoms with Crippen LogP contribution >= 0.6 is 0 Å². The molecule has 45 heavy (non-hydrogen) atoms. The zero-order valence-corrected chi connectivity index (χ0v) is 25.7. The van der Waals surface area contributed by atoms with Gasteiger partial charge in [0.25, 0.3) is 0 Å². The number of ether oxygens (including phenoxy) is 7. The highest BCUT2D eigenvalue weighted by molar-refractivity contribution is 5.15. The number of hydrogen-bond acceptors (Lipinski definition) is 7. The van der Waals surface area contributed by atoms with E-state index in [1.54, 1.807) is 0 Å². The molecule has 3 saturated heterocycles. The average Bonchev–Trinajstić information content (AvgIpc) is 3.42. The van der Waals surface area contributed by atoms with Crippen molar-refractivity contribution in [3.63, 3.8) is 0 Å². The summed E-state index contributed by atoms with van der Waals surface area (Å²) in [4.78, 5) is 0. The van der Waals surface area contributed by atoms with Gasteiger partial charge in [0.15, 0.2) is 0 Å². The van der Waals surface area contributed by atoms with E-state index in [9.17, 15) is 0 Å². The molecular formula is C38H44O7. The Morgan fingerprint density at radius 2 is 1.24 bits per heavy atom. The molecule has 0 aliphatic carbocycles. The van der Waals surface area contributed by atoms with Gasteiger partial charge >= 0.3 is 0 Å². The predicted molar refractivity (Wildman–Crippen MR) is 169 cm³/mol. The Morgan fingerprint density at radius 3 is 1.96 bits per heavy atom. The molecule has 3 fully saturated rings. The molecule has 0 unspecified atom stereocenters. The molecule has 238 valence electrons. The van der Waals surface area contributed by atoms with Crippen molar-refractivity contribution in [3.05, 3.63) is 120 Å². The highest BCUT2D eigenvalue weighted by Gasteiger charge is 2.53. The van der Waals surface area contributed by atoms with E-state index in [2.05, 4.69) is 48.6 Å². The maximum absolute atomic E-state index is 6.93. The van der Waals surface area contributed by atoms with Crippen LogP contribution in [0.25, 0.3) is 0 Å². The molecule has 7 rings (SSSR count). The van der Waals surface area contributed by atoms with E-state index < -0.39 is 0 Å². The van der Waals surface area contributed by atoms with Gasteiger partial charge in [-0.05, 0) is 36.0 Å². The molecule has 0 amide bonds. The van der Waals surface area contributed by atoms with Gasteiger partial charge in [-0.2, -0.15) is 0 Å². The third-order valence-electron chi connectivity index (χ3n) is 9.35. The number of hydrogen-bond donors (Lipinski definition) is 0. The Labute approximate surface area is 266 Å². The van der Waals surface area contributed by atoms with Crippen molar-refractivity contribution in [3.8, 4) is 0 Å². The van der Waals surface area contributed by atoms with E-state index in [4.69, 9.17) is 33.2 Å². The molecule has 0 N–H and O–H groups in total. The zero-order chi connectivity index (χ0) is 30.3. The van der Waals surface area contributed by atoms with Crippen LogP contribution in [0.3, 0.4) is 0 Å². The van der Waals surface area contributed by atoms with Crippen molar-refractivity contribution >= 4 is 0 Å². The largest absolute Gasteiger partial charge is 0.374 e. The third-order valence-corrected chi connectivity index (χ3v) is 9.35. The van der Waals surface area contributed by atoms with Crippen LogP contribution < -0.4 is 0 Å². The van der Waals surface area contributed by atoms with Crippen molar-refractivity contribution in [2.45, 2.75) is 100 Å². The van der Waals surface area contributed by atoms with Crippen molar-refractivity contribution < 1.29 is 33.2 Å². The van der Waals surface area contributed by atoms with Crippen molar-refractivity contribution in [2.75, 3.05) is 13.2 Å². The Morgan fingerprint density at radius 1 is 0.578 bits per heavy atom. The second-order valence-electron chi connectivity index (χ2n) is 12.5. The van der Waals surface area contributed by atoms with E-state index >= 15 is 0 Å². The molecule has 0 aromatic heterocycles. The van der Waals surface area contributed by atoms with Gasteiger partial charge in [-0.1, -0.05) is 103 Å².